The topological polar surface area (TPSA) is 92.7 Å². The van der Waals surface area contributed by atoms with E-state index in [4.69, 9.17) is 5.73 Å². The molecular weight excluding hydrogens is 282 g/mol. The van der Waals surface area contributed by atoms with E-state index in [0.717, 1.165) is 18.5 Å². The third kappa shape index (κ3) is 2.05. The van der Waals surface area contributed by atoms with Crippen LogP contribution in [0.3, 0.4) is 0 Å². The van der Waals surface area contributed by atoms with Crippen molar-refractivity contribution in [2.45, 2.75) is 31.7 Å². The summed E-state index contributed by atoms with van der Waals surface area (Å²) in [4.78, 5) is 29.5. The van der Waals surface area contributed by atoms with Gasteiger partial charge in [-0.1, -0.05) is 0 Å². The zero-order valence-electron chi connectivity index (χ0n) is 12.2. The van der Waals surface area contributed by atoms with Crippen molar-refractivity contribution in [2.75, 3.05) is 11.4 Å². The van der Waals surface area contributed by atoms with Gasteiger partial charge in [0.15, 0.2) is 5.65 Å². The average molecular weight is 299 g/mol. The molecular formula is C15H17N5O2. The maximum Gasteiger partial charge on any atom is 0.329 e. The molecule has 3 N–H and O–H groups in total. The average Bonchev–Trinajstić information content (AvgIpc) is 3.13. The van der Waals surface area contributed by atoms with Crippen LogP contribution >= 0.6 is 0 Å². The van der Waals surface area contributed by atoms with Gasteiger partial charge in [-0.05, 0) is 37.3 Å². The molecule has 7 nitrogen and oxygen atoms in total. The normalized spacial score (nSPS) is 19.8. The van der Waals surface area contributed by atoms with E-state index in [0.29, 0.717) is 17.3 Å². The number of nitrogens with two attached hydrogens (primary N) is 1. The molecule has 1 atom stereocenters. The monoisotopic (exact) mass is 299 g/mol. The molecule has 3 amide bonds. The zero-order chi connectivity index (χ0) is 15.4. The molecule has 3 heterocycles. The molecule has 22 heavy (non-hydrogen) atoms. The van der Waals surface area contributed by atoms with Crippen LogP contribution < -0.4 is 16.0 Å². The number of hydrogen-bond donors (Lipinski definition) is 2. The Morgan fingerprint density at radius 2 is 2.14 bits per heavy atom. The minimum atomic E-state index is -0.398. The Bertz CT molecular complexity index is 791. The van der Waals surface area contributed by atoms with Gasteiger partial charge in [0.05, 0.1) is 11.4 Å². The van der Waals surface area contributed by atoms with Gasteiger partial charge in [0, 0.05) is 18.4 Å². The van der Waals surface area contributed by atoms with Crippen molar-refractivity contribution in [1.82, 2.24) is 14.7 Å². The lowest BCUT2D eigenvalue weighted by molar-refractivity contribution is -0.117. The number of fused-ring (bicyclic) bond motifs is 1. The molecule has 0 aromatic carbocycles. The second kappa shape index (κ2) is 4.54. The third-order valence-corrected chi connectivity index (χ3v) is 4.17. The second-order valence-electron chi connectivity index (χ2n) is 6.06. The molecule has 0 radical (unpaired) electrons. The van der Waals surface area contributed by atoms with E-state index < -0.39 is 6.03 Å². The number of aromatic nitrogens is 2. The predicted molar refractivity (Wildman–Crippen MR) is 80.7 cm³/mol. The number of anilines is 1. The van der Waals surface area contributed by atoms with Gasteiger partial charge in [-0.3, -0.25) is 15.0 Å². The first-order valence-electron chi connectivity index (χ1n) is 7.42. The fraction of sp³-hybridized carbons (Fsp3) is 0.400. The van der Waals surface area contributed by atoms with E-state index in [9.17, 15) is 9.59 Å². The Kier molecular flexibility index (Phi) is 2.74. The summed E-state index contributed by atoms with van der Waals surface area (Å²) in [6, 6.07) is 1.39. The molecule has 2 fully saturated rings. The lowest BCUT2D eigenvalue weighted by Gasteiger charge is -2.15. The van der Waals surface area contributed by atoms with Crippen LogP contribution in [0, 0.1) is 0 Å². The molecule has 2 aromatic heterocycles. The highest BCUT2D eigenvalue weighted by atomic mass is 16.2. The van der Waals surface area contributed by atoms with Gasteiger partial charge in [-0.15, -0.1) is 0 Å². The third-order valence-electron chi connectivity index (χ3n) is 4.17. The summed E-state index contributed by atoms with van der Waals surface area (Å²) in [6.07, 6.45) is 6.26. The number of nitrogens with one attached hydrogen (secondary N) is 1. The SMILES string of the molecule is C[C@@H](N)c1cn2cc(C3CC3)cc(N3CC(=O)NC3=O)c2n1. The smallest absolute Gasteiger partial charge is 0.323 e. The van der Waals surface area contributed by atoms with Gasteiger partial charge in [-0.25, -0.2) is 9.78 Å². The molecule has 4 rings (SSSR count). The van der Waals surface area contributed by atoms with Crippen molar-refractivity contribution in [3.05, 3.63) is 29.7 Å². The van der Waals surface area contributed by atoms with E-state index in [1.54, 1.807) is 0 Å². The number of urea groups is 1. The van der Waals surface area contributed by atoms with Crippen molar-refractivity contribution in [3.63, 3.8) is 0 Å². The van der Waals surface area contributed by atoms with Crippen LogP contribution in [0.5, 0.6) is 0 Å². The maximum atomic E-state index is 12.0. The van der Waals surface area contributed by atoms with Crippen molar-refractivity contribution in [2.24, 2.45) is 5.73 Å². The highest BCUT2D eigenvalue weighted by Gasteiger charge is 2.32. The number of pyridine rings is 1. The van der Waals surface area contributed by atoms with E-state index in [1.807, 2.05) is 29.8 Å². The summed E-state index contributed by atoms with van der Waals surface area (Å²) in [7, 11) is 0. The molecule has 1 aliphatic heterocycles. The van der Waals surface area contributed by atoms with Crippen molar-refractivity contribution in [1.29, 1.82) is 0 Å². The number of hydrogen-bond acceptors (Lipinski definition) is 4. The summed E-state index contributed by atoms with van der Waals surface area (Å²) < 4.78 is 1.91. The molecule has 0 bridgehead atoms. The summed E-state index contributed by atoms with van der Waals surface area (Å²) in [6.45, 7) is 1.90. The Morgan fingerprint density at radius 1 is 1.36 bits per heavy atom. The van der Waals surface area contributed by atoms with Crippen LogP contribution in [0.1, 0.15) is 43.0 Å². The first kappa shape index (κ1) is 13.3. The van der Waals surface area contributed by atoms with Crippen LogP contribution in [0.4, 0.5) is 10.5 Å². The predicted octanol–water partition coefficient (Wildman–Crippen LogP) is 1.29. The van der Waals surface area contributed by atoms with Crippen LogP contribution in [-0.4, -0.2) is 27.9 Å². The van der Waals surface area contributed by atoms with Crippen molar-refractivity contribution >= 4 is 23.3 Å². The Hall–Kier alpha value is -2.41. The summed E-state index contributed by atoms with van der Waals surface area (Å²) in [5.41, 5.74) is 9.17. The quantitative estimate of drug-likeness (QED) is 0.835. The summed E-state index contributed by atoms with van der Waals surface area (Å²) in [5.74, 6) is 0.240. The Morgan fingerprint density at radius 3 is 2.73 bits per heavy atom. The lowest BCUT2D eigenvalue weighted by atomic mass is 10.1. The van der Waals surface area contributed by atoms with Gasteiger partial charge in [-0.2, -0.15) is 0 Å². The molecule has 2 aliphatic rings. The molecule has 0 spiro atoms. The minimum absolute atomic E-state index is 0.0307. The minimum Gasteiger partial charge on any atom is -0.323 e. The Balaban J connectivity index is 1.90. The van der Waals surface area contributed by atoms with Gasteiger partial charge in [0.1, 0.15) is 6.54 Å². The maximum absolute atomic E-state index is 12.0. The molecule has 114 valence electrons. The number of carbonyl (C=O) groups excluding carboxylic acids is 2. The molecule has 2 aromatic rings. The van der Waals surface area contributed by atoms with Gasteiger partial charge < -0.3 is 10.1 Å². The van der Waals surface area contributed by atoms with Crippen LogP contribution in [0.2, 0.25) is 0 Å². The lowest BCUT2D eigenvalue weighted by Crippen LogP contribution is -2.28. The van der Waals surface area contributed by atoms with Crippen LogP contribution in [0.25, 0.3) is 5.65 Å². The van der Waals surface area contributed by atoms with Crippen LogP contribution in [0.15, 0.2) is 18.5 Å². The molecule has 1 saturated carbocycles. The Labute approximate surface area is 127 Å². The highest BCUT2D eigenvalue weighted by Crippen LogP contribution is 2.42. The molecule has 0 unspecified atom stereocenters. The first-order chi connectivity index (χ1) is 10.5. The standard InChI is InChI=1S/C15H17N5O2/c1-8(16)11-6-19-5-10(9-2-3-9)4-12(14(19)17-11)20-7-13(21)18-15(20)22/h4-6,8-9H,2-3,7,16H2,1H3,(H,18,21,22)/t8-/m1/s1. The van der Waals surface area contributed by atoms with E-state index in [1.165, 1.54) is 10.5 Å². The molecule has 1 aliphatic carbocycles. The van der Waals surface area contributed by atoms with Gasteiger partial charge in [0.25, 0.3) is 0 Å². The first-order valence-corrected chi connectivity index (χ1v) is 7.42. The largest absolute Gasteiger partial charge is 0.329 e. The van der Waals surface area contributed by atoms with E-state index in [2.05, 4.69) is 10.3 Å². The molecule has 7 heteroatoms. The number of imide groups is 1. The number of amides is 3. The number of rotatable bonds is 3. The van der Waals surface area contributed by atoms with Gasteiger partial charge in [0.2, 0.25) is 5.91 Å². The molecule has 1 saturated heterocycles. The summed E-state index contributed by atoms with van der Waals surface area (Å²) in [5, 5.41) is 2.31. The fourth-order valence-electron chi connectivity index (χ4n) is 2.81. The fourth-order valence-corrected chi connectivity index (χ4v) is 2.81. The highest BCUT2D eigenvalue weighted by molar-refractivity contribution is 6.13. The number of imidazole rings is 1. The second-order valence-corrected chi connectivity index (χ2v) is 6.06. The number of nitrogens with zero attached hydrogens (tertiary/aromatic N) is 3. The number of carbonyl (C=O) groups is 2. The van der Waals surface area contributed by atoms with Crippen molar-refractivity contribution < 1.29 is 9.59 Å². The van der Waals surface area contributed by atoms with Crippen LogP contribution in [-0.2, 0) is 4.79 Å². The summed E-state index contributed by atoms with van der Waals surface area (Å²) >= 11 is 0. The van der Waals surface area contributed by atoms with Gasteiger partial charge >= 0.3 is 6.03 Å². The van der Waals surface area contributed by atoms with E-state index in [-0.39, 0.29) is 18.5 Å². The van der Waals surface area contributed by atoms with Crippen molar-refractivity contribution in [3.8, 4) is 0 Å². The van der Waals surface area contributed by atoms with E-state index >= 15 is 0 Å². The zero-order valence-corrected chi connectivity index (χ0v) is 12.2.